The molecule has 0 spiro atoms. The minimum atomic E-state index is 0.226. The third-order valence-electron chi connectivity index (χ3n) is 1.66. The lowest BCUT2D eigenvalue weighted by Crippen LogP contribution is -2.36. The molecule has 0 atom stereocenters. The fourth-order valence-electron chi connectivity index (χ4n) is 1.02. The second kappa shape index (κ2) is 5.72. The molecule has 0 aliphatic carbocycles. The van der Waals surface area contributed by atoms with Gasteiger partial charge in [0.1, 0.15) is 0 Å². The van der Waals surface area contributed by atoms with Gasteiger partial charge in [-0.2, -0.15) is 0 Å². The molecule has 0 heterocycles. The van der Waals surface area contributed by atoms with Crippen LogP contribution in [0.3, 0.4) is 0 Å². The van der Waals surface area contributed by atoms with E-state index in [2.05, 4.69) is 46.9 Å². The van der Waals surface area contributed by atoms with Crippen molar-refractivity contribution in [2.45, 2.75) is 53.5 Å². The van der Waals surface area contributed by atoms with E-state index in [0.29, 0.717) is 0 Å². The molecule has 2 heteroatoms. The predicted octanol–water partition coefficient (Wildman–Crippen LogP) is 2.83. The zero-order valence-corrected chi connectivity index (χ0v) is 10.7. The van der Waals surface area contributed by atoms with Gasteiger partial charge >= 0.3 is 0 Å². The predicted molar refractivity (Wildman–Crippen MR) is 62.6 cm³/mol. The Bertz CT molecular complexity index is 123. The van der Waals surface area contributed by atoms with Gasteiger partial charge in [-0.15, -0.1) is 0 Å². The highest BCUT2D eigenvalue weighted by Crippen LogP contribution is 2.12. The van der Waals surface area contributed by atoms with Crippen LogP contribution in [0.1, 0.15) is 48.0 Å². The molecule has 0 bridgehead atoms. The smallest absolute Gasteiger partial charge is 0.0514 e. The molecule has 0 aliphatic rings. The second-order valence-corrected chi connectivity index (χ2v) is 6.14. The van der Waals surface area contributed by atoms with Crippen LogP contribution < -0.4 is 5.32 Å². The van der Waals surface area contributed by atoms with E-state index in [9.17, 15) is 0 Å². The Morgan fingerprint density at radius 3 is 2.00 bits per heavy atom. The lowest BCUT2D eigenvalue weighted by molar-refractivity contribution is 0.0691. The van der Waals surface area contributed by atoms with Crippen molar-refractivity contribution in [3.63, 3.8) is 0 Å². The molecule has 14 heavy (non-hydrogen) atoms. The van der Waals surface area contributed by atoms with E-state index >= 15 is 0 Å². The van der Waals surface area contributed by atoms with Crippen LogP contribution in [-0.2, 0) is 4.74 Å². The third-order valence-corrected chi connectivity index (χ3v) is 1.66. The number of hydrogen-bond donors (Lipinski definition) is 1. The van der Waals surface area contributed by atoms with Gasteiger partial charge in [0.05, 0.1) is 6.61 Å². The van der Waals surface area contributed by atoms with Crippen molar-refractivity contribution in [3.05, 3.63) is 0 Å². The maximum atomic E-state index is 5.57. The van der Waals surface area contributed by atoms with Gasteiger partial charge in [-0.25, -0.2) is 0 Å². The maximum Gasteiger partial charge on any atom is 0.0514 e. The van der Waals surface area contributed by atoms with Crippen molar-refractivity contribution >= 4 is 0 Å². The minimum Gasteiger partial charge on any atom is -0.381 e. The Balaban J connectivity index is 3.23. The Kier molecular flexibility index (Phi) is 5.68. The molecule has 0 fully saturated rings. The molecular weight excluding hydrogens is 174 g/mol. The zero-order valence-electron chi connectivity index (χ0n) is 10.7. The minimum absolute atomic E-state index is 0.226. The van der Waals surface area contributed by atoms with Crippen LogP contribution in [0.25, 0.3) is 0 Å². The normalized spacial score (nSPS) is 13.3. The fraction of sp³-hybridized carbons (Fsp3) is 1.00. The van der Waals surface area contributed by atoms with Gasteiger partial charge in [0.25, 0.3) is 0 Å². The summed E-state index contributed by atoms with van der Waals surface area (Å²) in [5, 5.41) is 3.44. The van der Waals surface area contributed by atoms with Gasteiger partial charge in [0.15, 0.2) is 0 Å². The molecule has 0 saturated carbocycles. The van der Waals surface area contributed by atoms with E-state index in [1.165, 1.54) is 0 Å². The maximum absolute atomic E-state index is 5.57. The summed E-state index contributed by atoms with van der Waals surface area (Å²) in [6.07, 6.45) is 1.09. The average Bonchev–Trinajstić information content (AvgIpc) is 1.92. The third kappa shape index (κ3) is 11.9. The van der Waals surface area contributed by atoms with Gasteiger partial charge in [0, 0.05) is 12.1 Å². The molecular formula is C12H27NO. The summed E-state index contributed by atoms with van der Waals surface area (Å²) in [4.78, 5) is 0. The average molecular weight is 201 g/mol. The molecule has 1 N–H and O–H groups in total. The van der Waals surface area contributed by atoms with Gasteiger partial charge in [-0.3, -0.25) is 0 Å². The van der Waals surface area contributed by atoms with Crippen LogP contribution in [0, 0.1) is 5.41 Å². The number of nitrogens with one attached hydrogen (secondary N) is 1. The molecule has 0 amide bonds. The van der Waals surface area contributed by atoms with Crippen molar-refractivity contribution in [2.24, 2.45) is 5.41 Å². The monoisotopic (exact) mass is 201 g/mol. The molecule has 0 saturated heterocycles. The van der Waals surface area contributed by atoms with Crippen molar-refractivity contribution in [1.29, 1.82) is 0 Å². The molecule has 0 aromatic rings. The summed E-state index contributed by atoms with van der Waals surface area (Å²) in [6.45, 7) is 15.9. The van der Waals surface area contributed by atoms with Crippen LogP contribution in [0.15, 0.2) is 0 Å². The largest absolute Gasteiger partial charge is 0.381 e. The van der Waals surface area contributed by atoms with Gasteiger partial charge in [0.2, 0.25) is 0 Å². The first-order chi connectivity index (χ1) is 6.21. The Labute approximate surface area is 89.4 Å². The summed E-state index contributed by atoms with van der Waals surface area (Å²) in [6, 6.07) is 0. The van der Waals surface area contributed by atoms with E-state index in [-0.39, 0.29) is 11.0 Å². The summed E-state index contributed by atoms with van der Waals surface area (Å²) in [7, 11) is 0. The molecule has 86 valence electrons. The van der Waals surface area contributed by atoms with Gasteiger partial charge < -0.3 is 10.1 Å². The first-order valence-corrected chi connectivity index (χ1v) is 5.53. The zero-order chi connectivity index (χ0) is 11.2. The van der Waals surface area contributed by atoms with Crippen LogP contribution in [0.5, 0.6) is 0 Å². The summed E-state index contributed by atoms with van der Waals surface area (Å²) in [5.74, 6) is 0. The summed E-state index contributed by atoms with van der Waals surface area (Å²) >= 11 is 0. The lowest BCUT2D eigenvalue weighted by atomic mass is 9.99. The van der Waals surface area contributed by atoms with Crippen LogP contribution in [0.4, 0.5) is 0 Å². The standard InChI is InChI=1S/C12H27NO/c1-11(2,3)10-14-9-7-8-13-12(4,5)6/h13H,7-10H2,1-6H3. The Morgan fingerprint density at radius 2 is 1.57 bits per heavy atom. The van der Waals surface area contributed by atoms with Crippen LogP contribution in [-0.4, -0.2) is 25.3 Å². The van der Waals surface area contributed by atoms with E-state index in [1.807, 2.05) is 0 Å². The first-order valence-electron chi connectivity index (χ1n) is 5.53. The van der Waals surface area contributed by atoms with E-state index in [4.69, 9.17) is 4.74 Å². The topological polar surface area (TPSA) is 21.3 Å². The van der Waals surface area contributed by atoms with Crippen molar-refractivity contribution in [1.82, 2.24) is 5.32 Å². The molecule has 0 aliphatic heterocycles. The highest BCUT2D eigenvalue weighted by molar-refractivity contribution is 4.69. The van der Waals surface area contributed by atoms with Gasteiger partial charge in [-0.1, -0.05) is 20.8 Å². The SMILES string of the molecule is CC(C)(C)COCCCNC(C)(C)C. The van der Waals surface area contributed by atoms with Gasteiger partial charge in [-0.05, 0) is 39.2 Å². The van der Waals surface area contributed by atoms with Crippen molar-refractivity contribution in [3.8, 4) is 0 Å². The number of hydrogen-bond acceptors (Lipinski definition) is 2. The highest BCUT2D eigenvalue weighted by atomic mass is 16.5. The summed E-state index contributed by atoms with van der Waals surface area (Å²) in [5.41, 5.74) is 0.515. The van der Waals surface area contributed by atoms with Crippen molar-refractivity contribution < 1.29 is 4.74 Å². The molecule has 0 unspecified atom stereocenters. The molecule has 0 aromatic carbocycles. The second-order valence-electron chi connectivity index (χ2n) is 6.14. The quantitative estimate of drug-likeness (QED) is 0.691. The molecule has 0 rings (SSSR count). The Morgan fingerprint density at radius 1 is 1.00 bits per heavy atom. The van der Waals surface area contributed by atoms with E-state index in [1.54, 1.807) is 0 Å². The van der Waals surface area contributed by atoms with Crippen molar-refractivity contribution in [2.75, 3.05) is 19.8 Å². The first kappa shape index (κ1) is 13.9. The Hall–Kier alpha value is -0.0800. The van der Waals surface area contributed by atoms with Crippen LogP contribution >= 0.6 is 0 Å². The number of rotatable bonds is 5. The van der Waals surface area contributed by atoms with E-state index in [0.717, 1.165) is 26.2 Å². The molecule has 2 nitrogen and oxygen atoms in total. The molecule has 0 radical (unpaired) electrons. The van der Waals surface area contributed by atoms with E-state index < -0.39 is 0 Å². The summed E-state index contributed by atoms with van der Waals surface area (Å²) < 4.78 is 5.57. The van der Waals surface area contributed by atoms with Crippen LogP contribution in [0.2, 0.25) is 0 Å². The lowest BCUT2D eigenvalue weighted by Gasteiger charge is -2.21. The number of ether oxygens (including phenoxy) is 1. The molecule has 0 aromatic heterocycles. The highest BCUT2D eigenvalue weighted by Gasteiger charge is 2.10. The fourth-order valence-corrected chi connectivity index (χ4v) is 1.02.